The van der Waals surface area contributed by atoms with Crippen LogP contribution < -0.4 is 11.1 Å². The Hall–Kier alpha value is -0.870. The first-order valence-corrected chi connectivity index (χ1v) is 5.51. The highest BCUT2D eigenvalue weighted by molar-refractivity contribution is 5.76. The van der Waals surface area contributed by atoms with Crippen molar-refractivity contribution in [3.8, 4) is 0 Å². The van der Waals surface area contributed by atoms with Crippen molar-refractivity contribution in [1.29, 1.82) is 0 Å². The van der Waals surface area contributed by atoms with Crippen LogP contribution >= 0.6 is 0 Å². The summed E-state index contributed by atoms with van der Waals surface area (Å²) in [6.07, 6.45) is 2.23. The van der Waals surface area contributed by atoms with E-state index < -0.39 is 0 Å². The van der Waals surface area contributed by atoms with E-state index in [1.807, 2.05) is 18.7 Å². The molecule has 0 aromatic rings. The molecule has 1 amide bonds. The van der Waals surface area contributed by atoms with Crippen LogP contribution in [-0.2, 0) is 4.79 Å². The number of rotatable bonds is 8. The van der Waals surface area contributed by atoms with Gasteiger partial charge in [-0.25, -0.2) is 0 Å². The van der Waals surface area contributed by atoms with Crippen molar-refractivity contribution in [2.75, 3.05) is 26.2 Å². The number of nitrogens with two attached hydrogens (primary N) is 1. The van der Waals surface area contributed by atoms with Gasteiger partial charge in [0.2, 0.25) is 5.91 Å². The van der Waals surface area contributed by atoms with Gasteiger partial charge in [-0.05, 0) is 13.8 Å². The van der Waals surface area contributed by atoms with Crippen molar-refractivity contribution in [2.24, 2.45) is 5.73 Å². The Balaban J connectivity index is 4.03. The fraction of sp³-hybridized carbons (Fsp3) is 0.727. The molecule has 88 valence electrons. The van der Waals surface area contributed by atoms with Gasteiger partial charge < -0.3 is 16.0 Å². The van der Waals surface area contributed by atoms with Gasteiger partial charge in [0.25, 0.3) is 0 Å². The molecule has 0 aliphatic heterocycles. The van der Waals surface area contributed by atoms with Crippen LogP contribution in [0.15, 0.2) is 12.7 Å². The SMILES string of the molecule is C=CCNC(CN)CC(=O)N(CC)CC. The molecule has 0 aromatic carbocycles. The van der Waals surface area contributed by atoms with E-state index in [0.29, 0.717) is 19.5 Å². The number of carbonyl (C=O) groups excluding carboxylic acids is 1. The Morgan fingerprint density at radius 2 is 2.13 bits per heavy atom. The number of carbonyl (C=O) groups is 1. The summed E-state index contributed by atoms with van der Waals surface area (Å²) in [5, 5.41) is 3.16. The van der Waals surface area contributed by atoms with Crippen LogP contribution in [0.5, 0.6) is 0 Å². The van der Waals surface area contributed by atoms with Crippen LogP contribution in [0.25, 0.3) is 0 Å². The highest BCUT2D eigenvalue weighted by Gasteiger charge is 2.15. The number of hydrogen-bond donors (Lipinski definition) is 2. The van der Waals surface area contributed by atoms with Crippen molar-refractivity contribution in [3.63, 3.8) is 0 Å². The third-order valence-electron chi connectivity index (χ3n) is 2.37. The first kappa shape index (κ1) is 14.1. The van der Waals surface area contributed by atoms with Gasteiger partial charge in [-0.1, -0.05) is 6.08 Å². The molecule has 0 spiro atoms. The van der Waals surface area contributed by atoms with Crippen LogP contribution in [0.1, 0.15) is 20.3 Å². The maximum atomic E-state index is 11.7. The highest BCUT2D eigenvalue weighted by Crippen LogP contribution is 1.98. The molecular formula is C11H23N3O. The van der Waals surface area contributed by atoms with E-state index in [1.165, 1.54) is 0 Å². The zero-order valence-corrected chi connectivity index (χ0v) is 9.83. The third kappa shape index (κ3) is 5.54. The average molecular weight is 213 g/mol. The lowest BCUT2D eigenvalue weighted by atomic mass is 10.2. The lowest BCUT2D eigenvalue weighted by Crippen LogP contribution is -2.42. The van der Waals surface area contributed by atoms with E-state index in [1.54, 1.807) is 6.08 Å². The molecule has 15 heavy (non-hydrogen) atoms. The molecule has 0 saturated heterocycles. The van der Waals surface area contributed by atoms with Gasteiger partial charge in [-0.2, -0.15) is 0 Å². The van der Waals surface area contributed by atoms with E-state index in [-0.39, 0.29) is 11.9 Å². The summed E-state index contributed by atoms with van der Waals surface area (Å²) in [6, 6.07) is 0.0519. The van der Waals surface area contributed by atoms with Gasteiger partial charge in [0.15, 0.2) is 0 Å². The Labute approximate surface area is 92.5 Å². The second-order valence-corrected chi connectivity index (χ2v) is 3.40. The van der Waals surface area contributed by atoms with Crippen molar-refractivity contribution in [3.05, 3.63) is 12.7 Å². The molecule has 0 radical (unpaired) electrons. The van der Waals surface area contributed by atoms with Gasteiger partial charge in [0, 0.05) is 38.6 Å². The molecule has 0 rings (SSSR count). The molecule has 3 N–H and O–H groups in total. The zero-order valence-electron chi connectivity index (χ0n) is 9.83. The molecule has 1 atom stereocenters. The van der Waals surface area contributed by atoms with E-state index in [0.717, 1.165) is 13.1 Å². The Bertz CT molecular complexity index is 190. The minimum absolute atomic E-state index is 0.0519. The van der Waals surface area contributed by atoms with Gasteiger partial charge in [0.1, 0.15) is 0 Å². The first-order valence-electron chi connectivity index (χ1n) is 5.51. The predicted molar refractivity (Wildman–Crippen MR) is 63.6 cm³/mol. The minimum atomic E-state index is 0.0519. The Kier molecular flexibility index (Phi) is 7.95. The standard InChI is InChI=1S/C11H23N3O/c1-4-7-13-10(9-12)8-11(15)14(5-2)6-3/h4,10,13H,1,5-9,12H2,2-3H3. The smallest absolute Gasteiger partial charge is 0.224 e. The van der Waals surface area contributed by atoms with E-state index in [9.17, 15) is 4.79 Å². The predicted octanol–water partition coefficient (Wildman–Crippen LogP) is 0.348. The molecule has 0 aliphatic carbocycles. The monoisotopic (exact) mass is 213 g/mol. The summed E-state index contributed by atoms with van der Waals surface area (Å²) in [5.41, 5.74) is 5.58. The van der Waals surface area contributed by atoms with E-state index in [4.69, 9.17) is 5.73 Å². The molecule has 0 saturated carbocycles. The molecule has 4 heteroatoms. The van der Waals surface area contributed by atoms with Crippen LogP contribution in [0.3, 0.4) is 0 Å². The highest BCUT2D eigenvalue weighted by atomic mass is 16.2. The summed E-state index contributed by atoms with van der Waals surface area (Å²) in [4.78, 5) is 13.6. The van der Waals surface area contributed by atoms with Crippen LogP contribution in [0.2, 0.25) is 0 Å². The molecule has 4 nitrogen and oxygen atoms in total. The van der Waals surface area contributed by atoms with Gasteiger partial charge in [-0.15, -0.1) is 6.58 Å². The van der Waals surface area contributed by atoms with E-state index >= 15 is 0 Å². The number of hydrogen-bond acceptors (Lipinski definition) is 3. The van der Waals surface area contributed by atoms with Crippen molar-refractivity contribution in [2.45, 2.75) is 26.3 Å². The van der Waals surface area contributed by atoms with Crippen molar-refractivity contribution < 1.29 is 4.79 Å². The third-order valence-corrected chi connectivity index (χ3v) is 2.37. The van der Waals surface area contributed by atoms with E-state index in [2.05, 4.69) is 11.9 Å². The first-order chi connectivity index (χ1) is 7.19. The van der Waals surface area contributed by atoms with Crippen molar-refractivity contribution in [1.82, 2.24) is 10.2 Å². The largest absolute Gasteiger partial charge is 0.343 e. The number of nitrogens with one attached hydrogen (secondary N) is 1. The Morgan fingerprint density at radius 3 is 2.53 bits per heavy atom. The van der Waals surface area contributed by atoms with Crippen molar-refractivity contribution >= 4 is 5.91 Å². The van der Waals surface area contributed by atoms with Gasteiger partial charge in [-0.3, -0.25) is 4.79 Å². The maximum Gasteiger partial charge on any atom is 0.224 e. The van der Waals surface area contributed by atoms with Crippen LogP contribution in [-0.4, -0.2) is 43.0 Å². The summed E-state index contributed by atoms with van der Waals surface area (Å²) in [7, 11) is 0. The topological polar surface area (TPSA) is 58.4 Å². The summed E-state index contributed by atoms with van der Waals surface area (Å²) in [5.74, 6) is 0.159. The molecule has 0 bridgehead atoms. The number of amides is 1. The Morgan fingerprint density at radius 1 is 1.53 bits per heavy atom. The lowest BCUT2D eigenvalue weighted by molar-refractivity contribution is -0.131. The van der Waals surface area contributed by atoms with Gasteiger partial charge in [0.05, 0.1) is 0 Å². The molecule has 0 aromatic heterocycles. The lowest BCUT2D eigenvalue weighted by Gasteiger charge is -2.22. The minimum Gasteiger partial charge on any atom is -0.343 e. The summed E-state index contributed by atoms with van der Waals surface area (Å²) < 4.78 is 0. The molecule has 0 fully saturated rings. The van der Waals surface area contributed by atoms with Crippen LogP contribution in [0.4, 0.5) is 0 Å². The number of nitrogens with zero attached hydrogens (tertiary/aromatic N) is 1. The summed E-state index contributed by atoms with van der Waals surface area (Å²) in [6.45, 7) is 10.3. The molecule has 0 aliphatic rings. The fourth-order valence-electron chi connectivity index (χ4n) is 1.41. The summed E-state index contributed by atoms with van der Waals surface area (Å²) >= 11 is 0. The maximum absolute atomic E-state index is 11.7. The fourth-order valence-corrected chi connectivity index (χ4v) is 1.41. The molecule has 1 unspecified atom stereocenters. The normalized spacial score (nSPS) is 12.2. The zero-order chi connectivity index (χ0) is 11.7. The quantitative estimate of drug-likeness (QED) is 0.572. The second-order valence-electron chi connectivity index (χ2n) is 3.40. The molecule has 0 heterocycles. The molecular weight excluding hydrogens is 190 g/mol. The average Bonchev–Trinajstić information content (AvgIpc) is 2.25. The van der Waals surface area contributed by atoms with Gasteiger partial charge >= 0.3 is 0 Å². The second kappa shape index (κ2) is 8.44. The van der Waals surface area contributed by atoms with Crippen LogP contribution in [0, 0.1) is 0 Å².